The molecule has 0 aliphatic carbocycles. The topological polar surface area (TPSA) is 59.2 Å². The van der Waals surface area contributed by atoms with Crippen LogP contribution in [0, 0.1) is 0 Å². The number of hydrogen-bond acceptors (Lipinski definition) is 4. The molecule has 21 heavy (non-hydrogen) atoms. The van der Waals surface area contributed by atoms with E-state index in [0.29, 0.717) is 6.04 Å². The lowest BCUT2D eigenvalue weighted by Crippen LogP contribution is -2.30. The van der Waals surface area contributed by atoms with Crippen molar-refractivity contribution in [1.29, 1.82) is 0 Å². The standard InChI is InChI=1S/C16H23N3O2/c1-12(18-7-6-14-10-17-11-19-14)8-13-4-5-15(20-2)16(9-13)21-3/h4-5,9-12,18H,6-8H2,1-3H3,(H,17,19). The molecule has 114 valence electrons. The summed E-state index contributed by atoms with van der Waals surface area (Å²) in [7, 11) is 3.31. The highest BCUT2D eigenvalue weighted by Gasteiger charge is 2.08. The van der Waals surface area contributed by atoms with Crippen LogP contribution in [0.4, 0.5) is 0 Å². The second-order valence-electron chi connectivity index (χ2n) is 5.08. The smallest absolute Gasteiger partial charge is 0.160 e. The molecule has 1 heterocycles. The second kappa shape index (κ2) is 7.69. The Kier molecular flexibility index (Phi) is 5.63. The Morgan fingerprint density at radius 2 is 2.05 bits per heavy atom. The van der Waals surface area contributed by atoms with Crippen molar-refractivity contribution in [3.8, 4) is 11.5 Å². The number of rotatable bonds is 8. The van der Waals surface area contributed by atoms with Gasteiger partial charge in [0.2, 0.25) is 0 Å². The lowest BCUT2D eigenvalue weighted by atomic mass is 10.1. The lowest BCUT2D eigenvalue weighted by molar-refractivity contribution is 0.354. The number of hydrogen-bond donors (Lipinski definition) is 2. The SMILES string of the molecule is COc1ccc(CC(C)NCCc2cnc[nH]2)cc1OC. The first-order valence-corrected chi connectivity index (χ1v) is 7.14. The summed E-state index contributed by atoms with van der Waals surface area (Å²) in [6.07, 6.45) is 5.47. The fraction of sp³-hybridized carbons (Fsp3) is 0.438. The molecule has 2 rings (SSSR count). The van der Waals surface area contributed by atoms with Crippen LogP contribution in [0.15, 0.2) is 30.7 Å². The monoisotopic (exact) mass is 289 g/mol. The Hall–Kier alpha value is -2.01. The maximum atomic E-state index is 5.33. The number of nitrogens with one attached hydrogen (secondary N) is 2. The van der Waals surface area contributed by atoms with E-state index in [1.807, 2.05) is 18.3 Å². The Balaban J connectivity index is 1.83. The third-order valence-electron chi connectivity index (χ3n) is 3.43. The van der Waals surface area contributed by atoms with Gasteiger partial charge < -0.3 is 19.8 Å². The molecular formula is C16H23N3O2. The zero-order chi connectivity index (χ0) is 15.1. The Morgan fingerprint density at radius 1 is 1.24 bits per heavy atom. The molecule has 1 atom stereocenters. The molecule has 0 radical (unpaired) electrons. The van der Waals surface area contributed by atoms with Crippen LogP contribution in [0.25, 0.3) is 0 Å². The van der Waals surface area contributed by atoms with Crippen LogP contribution in [-0.4, -0.2) is 36.8 Å². The molecule has 1 aromatic carbocycles. The van der Waals surface area contributed by atoms with Gasteiger partial charge in [0.25, 0.3) is 0 Å². The summed E-state index contributed by atoms with van der Waals surface area (Å²) in [5.74, 6) is 1.54. The van der Waals surface area contributed by atoms with Crippen molar-refractivity contribution in [2.45, 2.75) is 25.8 Å². The Labute approximate surface area is 125 Å². The van der Waals surface area contributed by atoms with Crippen LogP contribution in [-0.2, 0) is 12.8 Å². The van der Waals surface area contributed by atoms with Crippen LogP contribution < -0.4 is 14.8 Å². The predicted octanol–water partition coefficient (Wildman–Crippen LogP) is 2.19. The number of ether oxygens (including phenoxy) is 2. The highest BCUT2D eigenvalue weighted by Crippen LogP contribution is 2.27. The minimum Gasteiger partial charge on any atom is -0.493 e. The van der Waals surface area contributed by atoms with Crippen molar-refractivity contribution in [3.05, 3.63) is 42.0 Å². The summed E-state index contributed by atoms with van der Waals surface area (Å²) >= 11 is 0. The molecule has 0 fully saturated rings. The van der Waals surface area contributed by atoms with Crippen LogP contribution >= 0.6 is 0 Å². The van der Waals surface area contributed by atoms with Crippen LogP contribution in [0.1, 0.15) is 18.2 Å². The summed E-state index contributed by atoms with van der Waals surface area (Å²) in [4.78, 5) is 7.12. The molecule has 2 aromatic rings. The quantitative estimate of drug-likeness (QED) is 0.782. The van der Waals surface area contributed by atoms with Gasteiger partial charge in [-0.25, -0.2) is 4.98 Å². The van der Waals surface area contributed by atoms with Gasteiger partial charge in [-0.2, -0.15) is 0 Å². The first kappa shape index (κ1) is 15.4. The van der Waals surface area contributed by atoms with Gasteiger partial charge >= 0.3 is 0 Å². The van der Waals surface area contributed by atoms with E-state index in [4.69, 9.17) is 9.47 Å². The van der Waals surface area contributed by atoms with Crippen LogP contribution in [0.5, 0.6) is 11.5 Å². The van der Waals surface area contributed by atoms with Crippen molar-refractivity contribution in [2.24, 2.45) is 0 Å². The number of H-pyrrole nitrogens is 1. The first-order chi connectivity index (χ1) is 10.2. The molecule has 0 bridgehead atoms. The Morgan fingerprint density at radius 3 is 2.71 bits per heavy atom. The van der Waals surface area contributed by atoms with E-state index in [1.54, 1.807) is 20.5 Å². The minimum absolute atomic E-state index is 0.394. The molecule has 0 saturated carbocycles. The highest BCUT2D eigenvalue weighted by molar-refractivity contribution is 5.43. The zero-order valence-corrected chi connectivity index (χ0v) is 12.8. The molecule has 1 unspecified atom stereocenters. The van der Waals surface area contributed by atoms with E-state index >= 15 is 0 Å². The largest absolute Gasteiger partial charge is 0.493 e. The van der Waals surface area contributed by atoms with Crippen LogP contribution in [0.2, 0.25) is 0 Å². The van der Waals surface area contributed by atoms with Gasteiger partial charge in [-0.3, -0.25) is 0 Å². The number of benzene rings is 1. The van der Waals surface area contributed by atoms with E-state index < -0.39 is 0 Å². The van der Waals surface area contributed by atoms with Crippen molar-refractivity contribution in [3.63, 3.8) is 0 Å². The Bertz CT molecular complexity index is 540. The highest BCUT2D eigenvalue weighted by atomic mass is 16.5. The maximum Gasteiger partial charge on any atom is 0.160 e. The summed E-state index contributed by atoms with van der Waals surface area (Å²) in [5.41, 5.74) is 2.38. The molecule has 0 amide bonds. The van der Waals surface area contributed by atoms with Crippen molar-refractivity contribution in [1.82, 2.24) is 15.3 Å². The number of aromatic nitrogens is 2. The molecule has 2 N–H and O–H groups in total. The molecule has 0 aliphatic rings. The van der Waals surface area contributed by atoms with Crippen molar-refractivity contribution in [2.75, 3.05) is 20.8 Å². The van der Waals surface area contributed by atoms with Gasteiger partial charge in [0, 0.05) is 30.9 Å². The summed E-state index contributed by atoms with van der Waals surface area (Å²) in [6, 6.07) is 6.46. The average molecular weight is 289 g/mol. The van der Waals surface area contributed by atoms with Gasteiger partial charge in [0.05, 0.1) is 20.5 Å². The molecule has 0 saturated heterocycles. The summed E-state index contributed by atoms with van der Waals surface area (Å²) < 4.78 is 10.6. The fourth-order valence-electron chi connectivity index (χ4n) is 2.31. The average Bonchev–Trinajstić information content (AvgIpc) is 3.00. The van der Waals surface area contributed by atoms with Gasteiger partial charge in [-0.05, 0) is 31.0 Å². The normalized spacial score (nSPS) is 12.1. The maximum absolute atomic E-state index is 5.33. The van der Waals surface area contributed by atoms with E-state index in [0.717, 1.165) is 36.6 Å². The lowest BCUT2D eigenvalue weighted by Gasteiger charge is -2.15. The van der Waals surface area contributed by atoms with E-state index in [2.05, 4.69) is 28.3 Å². The van der Waals surface area contributed by atoms with Gasteiger partial charge in [0.1, 0.15) is 0 Å². The third-order valence-corrected chi connectivity index (χ3v) is 3.43. The number of nitrogens with zero attached hydrogens (tertiary/aromatic N) is 1. The predicted molar refractivity (Wildman–Crippen MR) is 83.0 cm³/mol. The van der Waals surface area contributed by atoms with Crippen LogP contribution in [0.3, 0.4) is 0 Å². The molecular weight excluding hydrogens is 266 g/mol. The first-order valence-electron chi connectivity index (χ1n) is 7.14. The van der Waals surface area contributed by atoms with E-state index in [1.165, 1.54) is 5.56 Å². The molecule has 5 nitrogen and oxygen atoms in total. The van der Waals surface area contributed by atoms with Gasteiger partial charge in [0.15, 0.2) is 11.5 Å². The van der Waals surface area contributed by atoms with Gasteiger partial charge in [-0.1, -0.05) is 6.07 Å². The van der Waals surface area contributed by atoms with Crippen molar-refractivity contribution < 1.29 is 9.47 Å². The summed E-state index contributed by atoms with van der Waals surface area (Å²) in [6.45, 7) is 3.11. The number of imidazole rings is 1. The molecule has 0 aliphatic heterocycles. The summed E-state index contributed by atoms with van der Waals surface area (Å²) in [5, 5.41) is 3.52. The van der Waals surface area contributed by atoms with Gasteiger partial charge in [-0.15, -0.1) is 0 Å². The third kappa shape index (κ3) is 4.49. The number of aromatic amines is 1. The molecule has 5 heteroatoms. The second-order valence-corrected chi connectivity index (χ2v) is 5.08. The van der Waals surface area contributed by atoms with Crippen molar-refractivity contribution >= 4 is 0 Å². The van der Waals surface area contributed by atoms with E-state index in [9.17, 15) is 0 Å². The fourth-order valence-corrected chi connectivity index (χ4v) is 2.31. The number of methoxy groups -OCH3 is 2. The minimum atomic E-state index is 0.394. The van der Waals surface area contributed by atoms with E-state index in [-0.39, 0.29) is 0 Å². The zero-order valence-electron chi connectivity index (χ0n) is 12.8. The molecule has 0 spiro atoms. The molecule has 1 aromatic heterocycles.